The van der Waals surface area contributed by atoms with E-state index in [9.17, 15) is 0 Å². The highest BCUT2D eigenvalue weighted by Crippen LogP contribution is 2.03. The Kier molecular flexibility index (Phi) is 4.15. The van der Waals surface area contributed by atoms with Gasteiger partial charge in [-0.15, -0.1) is 0 Å². The van der Waals surface area contributed by atoms with Crippen molar-refractivity contribution in [1.29, 1.82) is 0 Å². The minimum atomic E-state index is 0.851. The molecule has 0 amide bonds. The summed E-state index contributed by atoms with van der Waals surface area (Å²) in [5, 5.41) is 12.1. The SMILES string of the molecule is CCc1cc(CNCCn2cc(C)cn2)n(C)n1. The highest BCUT2D eigenvalue weighted by atomic mass is 15.3. The van der Waals surface area contributed by atoms with Gasteiger partial charge in [0.05, 0.1) is 24.1 Å². The standard InChI is InChI=1S/C13H21N5/c1-4-12-7-13(17(3)16-12)9-14-5-6-18-10-11(2)8-15-18/h7-8,10,14H,4-6,9H2,1-3H3. The van der Waals surface area contributed by atoms with E-state index in [0.29, 0.717) is 0 Å². The van der Waals surface area contributed by atoms with Crippen molar-refractivity contribution >= 4 is 0 Å². The monoisotopic (exact) mass is 247 g/mol. The third-order valence-electron chi connectivity index (χ3n) is 2.98. The molecule has 0 saturated heterocycles. The number of nitrogens with one attached hydrogen (secondary N) is 1. The maximum Gasteiger partial charge on any atom is 0.0625 e. The van der Waals surface area contributed by atoms with Crippen LogP contribution in [0.1, 0.15) is 23.9 Å². The molecule has 2 aromatic rings. The quantitative estimate of drug-likeness (QED) is 0.782. The number of hydrogen-bond donors (Lipinski definition) is 1. The second kappa shape index (κ2) is 5.82. The molecule has 0 unspecified atom stereocenters. The predicted molar refractivity (Wildman–Crippen MR) is 71.3 cm³/mol. The fourth-order valence-electron chi connectivity index (χ4n) is 1.91. The molecular formula is C13H21N5. The van der Waals surface area contributed by atoms with Crippen LogP contribution in [0.3, 0.4) is 0 Å². The third-order valence-corrected chi connectivity index (χ3v) is 2.98. The molecule has 0 bridgehead atoms. The summed E-state index contributed by atoms with van der Waals surface area (Å²) in [7, 11) is 1.99. The number of aryl methyl sites for hydroxylation is 3. The summed E-state index contributed by atoms with van der Waals surface area (Å²) in [6.45, 7) is 6.84. The molecule has 1 N–H and O–H groups in total. The lowest BCUT2D eigenvalue weighted by molar-refractivity contribution is 0.541. The lowest BCUT2D eigenvalue weighted by atomic mass is 10.3. The Hall–Kier alpha value is -1.62. The van der Waals surface area contributed by atoms with Crippen LogP contribution < -0.4 is 5.32 Å². The van der Waals surface area contributed by atoms with Crippen molar-refractivity contribution in [2.75, 3.05) is 6.54 Å². The molecule has 0 fully saturated rings. The summed E-state index contributed by atoms with van der Waals surface area (Å²) >= 11 is 0. The zero-order chi connectivity index (χ0) is 13.0. The molecule has 0 aromatic carbocycles. The summed E-state index contributed by atoms with van der Waals surface area (Å²) in [6, 6.07) is 2.16. The van der Waals surface area contributed by atoms with Gasteiger partial charge in [0.15, 0.2) is 0 Å². The Labute approximate surface area is 108 Å². The van der Waals surface area contributed by atoms with E-state index in [0.717, 1.165) is 31.7 Å². The molecule has 5 heteroatoms. The van der Waals surface area contributed by atoms with Gasteiger partial charge >= 0.3 is 0 Å². The highest BCUT2D eigenvalue weighted by Gasteiger charge is 2.02. The topological polar surface area (TPSA) is 47.7 Å². The van der Waals surface area contributed by atoms with Crippen molar-refractivity contribution in [2.24, 2.45) is 7.05 Å². The average molecular weight is 247 g/mol. The summed E-state index contributed by atoms with van der Waals surface area (Å²) in [5.41, 5.74) is 3.58. The van der Waals surface area contributed by atoms with Gasteiger partial charge in [0.25, 0.3) is 0 Å². The first-order valence-corrected chi connectivity index (χ1v) is 6.40. The fraction of sp³-hybridized carbons (Fsp3) is 0.538. The van der Waals surface area contributed by atoms with E-state index in [1.807, 2.05) is 22.6 Å². The van der Waals surface area contributed by atoms with Crippen LogP contribution >= 0.6 is 0 Å². The van der Waals surface area contributed by atoms with Crippen LogP contribution in [0.2, 0.25) is 0 Å². The van der Waals surface area contributed by atoms with Gasteiger partial charge in [0.1, 0.15) is 0 Å². The van der Waals surface area contributed by atoms with E-state index in [2.05, 4.69) is 41.6 Å². The van der Waals surface area contributed by atoms with Gasteiger partial charge in [0.2, 0.25) is 0 Å². The van der Waals surface area contributed by atoms with Gasteiger partial charge in [0, 0.05) is 26.3 Å². The van der Waals surface area contributed by atoms with E-state index in [1.54, 1.807) is 0 Å². The van der Waals surface area contributed by atoms with Gasteiger partial charge in [-0.05, 0) is 25.0 Å². The number of hydrogen-bond acceptors (Lipinski definition) is 3. The van der Waals surface area contributed by atoms with Gasteiger partial charge < -0.3 is 5.32 Å². The van der Waals surface area contributed by atoms with E-state index in [1.165, 1.54) is 11.3 Å². The van der Waals surface area contributed by atoms with Crippen LogP contribution in [-0.4, -0.2) is 26.1 Å². The molecule has 2 heterocycles. The van der Waals surface area contributed by atoms with Gasteiger partial charge in [-0.2, -0.15) is 10.2 Å². The molecule has 5 nitrogen and oxygen atoms in total. The molecular weight excluding hydrogens is 226 g/mol. The van der Waals surface area contributed by atoms with E-state index in [4.69, 9.17) is 0 Å². The van der Waals surface area contributed by atoms with Crippen molar-refractivity contribution in [3.8, 4) is 0 Å². The first-order valence-electron chi connectivity index (χ1n) is 6.40. The number of aromatic nitrogens is 4. The van der Waals surface area contributed by atoms with Crippen LogP contribution in [0, 0.1) is 6.92 Å². The minimum Gasteiger partial charge on any atom is -0.309 e. The van der Waals surface area contributed by atoms with Crippen LogP contribution in [0.25, 0.3) is 0 Å². The van der Waals surface area contributed by atoms with Crippen LogP contribution in [0.4, 0.5) is 0 Å². The molecule has 0 radical (unpaired) electrons. The third kappa shape index (κ3) is 3.20. The Bertz CT molecular complexity index is 497. The Morgan fingerprint density at radius 3 is 2.83 bits per heavy atom. The maximum absolute atomic E-state index is 4.43. The van der Waals surface area contributed by atoms with Gasteiger partial charge in [-0.1, -0.05) is 6.92 Å². The predicted octanol–water partition coefficient (Wildman–Crippen LogP) is 1.28. The Morgan fingerprint density at radius 1 is 1.39 bits per heavy atom. The van der Waals surface area contributed by atoms with Gasteiger partial charge in [-0.25, -0.2) is 0 Å². The molecule has 0 saturated carbocycles. The fourth-order valence-corrected chi connectivity index (χ4v) is 1.91. The smallest absolute Gasteiger partial charge is 0.0625 e. The molecule has 18 heavy (non-hydrogen) atoms. The second-order valence-corrected chi connectivity index (χ2v) is 4.56. The van der Waals surface area contributed by atoms with E-state index >= 15 is 0 Å². The summed E-state index contributed by atoms with van der Waals surface area (Å²) < 4.78 is 3.91. The average Bonchev–Trinajstić information content (AvgIpc) is 2.91. The summed E-state index contributed by atoms with van der Waals surface area (Å²) in [4.78, 5) is 0. The summed E-state index contributed by atoms with van der Waals surface area (Å²) in [5.74, 6) is 0. The number of rotatable bonds is 6. The van der Waals surface area contributed by atoms with Crippen molar-refractivity contribution in [1.82, 2.24) is 24.9 Å². The van der Waals surface area contributed by atoms with Crippen LogP contribution in [0.15, 0.2) is 18.5 Å². The second-order valence-electron chi connectivity index (χ2n) is 4.56. The lowest BCUT2D eigenvalue weighted by Crippen LogP contribution is -2.21. The first kappa shape index (κ1) is 12.8. The zero-order valence-electron chi connectivity index (χ0n) is 11.3. The van der Waals surface area contributed by atoms with Crippen molar-refractivity contribution in [3.63, 3.8) is 0 Å². The van der Waals surface area contributed by atoms with Crippen LogP contribution in [0.5, 0.6) is 0 Å². The normalized spacial score (nSPS) is 11.1. The molecule has 2 rings (SSSR count). The largest absolute Gasteiger partial charge is 0.309 e. The molecule has 2 aromatic heterocycles. The molecule has 0 spiro atoms. The van der Waals surface area contributed by atoms with E-state index in [-0.39, 0.29) is 0 Å². The minimum absolute atomic E-state index is 0.851. The molecule has 0 aliphatic carbocycles. The lowest BCUT2D eigenvalue weighted by Gasteiger charge is -2.05. The van der Waals surface area contributed by atoms with E-state index < -0.39 is 0 Å². The highest BCUT2D eigenvalue weighted by molar-refractivity contribution is 5.09. The zero-order valence-corrected chi connectivity index (χ0v) is 11.3. The van der Waals surface area contributed by atoms with Crippen molar-refractivity contribution in [2.45, 2.75) is 33.4 Å². The van der Waals surface area contributed by atoms with Gasteiger partial charge in [-0.3, -0.25) is 9.36 Å². The molecule has 0 atom stereocenters. The van der Waals surface area contributed by atoms with Crippen molar-refractivity contribution in [3.05, 3.63) is 35.4 Å². The number of nitrogens with zero attached hydrogens (tertiary/aromatic N) is 4. The molecule has 0 aliphatic rings. The Morgan fingerprint density at radius 2 is 2.22 bits per heavy atom. The molecule has 0 aliphatic heterocycles. The van der Waals surface area contributed by atoms with Crippen molar-refractivity contribution < 1.29 is 0 Å². The Balaban J connectivity index is 1.76. The maximum atomic E-state index is 4.43. The van der Waals surface area contributed by atoms with Crippen LogP contribution in [-0.2, 0) is 26.6 Å². The molecule has 98 valence electrons. The summed E-state index contributed by atoms with van der Waals surface area (Å²) in [6.07, 6.45) is 4.93. The first-order chi connectivity index (χ1) is 8.69.